The first-order chi connectivity index (χ1) is 14.0. The molecule has 1 atom stereocenters. The monoisotopic (exact) mass is 392 g/mol. The number of hydrogen-bond donors (Lipinski definition) is 2. The smallest absolute Gasteiger partial charge is 0.267 e. The zero-order valence-corrected chi connectivity index (χ0v) is 16.0. The Kier molecular flexibility index (Phi) is 4.77. The number of methoxy groups -OCH3 is 1. The first kappa shape index (κ1) is 18.7. The normalized spacial score (nSPS) is 16.5. The number of aryl methyl sites for hydroxylation is 1. The molecule has 3 aromatic rings. The molecule has 8 heteroatoms. The average molecular weight is 392 g/mol. The van der Waals surface area contributed by atoms with Gasteiger partial charge >= 0.3 is 0 Å². The van der Waals surface area contributed by atoms with Crippen molar-refractivity contribution in [3.63, 3.8) is 0 Å². The molecule has 148 valence electrons. The van der Waals surface area contributed by atoms with Crippen LogP contribution in [0.15, 0.2) is 54.7 Å². The van der Waals surface area contributed by atoms with E-state index in [4.69, 9.17) is 4.74 Å². The summed E-state index contributed by atoms with van der Waals surface area (Å²) in [7, 11) is 3.37. The minimum absolute atomic E-state index is 0.0497. The third kappa shape index (κ3) is 3.34. The van der Waals surface area contributed by atoms with E-state index in [0.717, 1.165) is 15.8 Å². The van der Waals surface area contributed by atoms with Gasteiger partial charge in [-0.05, 0) is 18.2 Å². The van der Waals surface area contributed by atoms with Gasteiger partial charge in [0.15, 0.2) is 0 Å². The molecule has 0 aliphatic carbocycles. The highest BCUT2D eigenvalue weighted by molar-refractivity contribution is 6.22. The number of ether oxygens (including phenoxy) is 1. The van der Waals surface area contributed by atoms with Crippen LogP contribution in [0.25, 0.3) is 10.9 Å². The summed E-state index contributed by atoms with van der Waals surface area (Å²) in [4.78, 5) is 38.9. The number of aromatic nitrogens is 1. The van der Waals surface area contributed by atoms with Crippen LogP contribution >= 0.6 is 0 Å². The number of imide groups is 1. The van der Waals surface area contributed by atoms with E-state index >= 15 is 0 Å². The molecule has 1 aliphatic rings. The van der Waals surface area contributed by atoms with Crippen LogP contribution in [-0.2, 0) is 16.6 Å². The van der Waals surface area contributed by atoms with Crippen molar-refractivity contribution in [1.29, 1.82) is 0 Å². The highest BCUT2D eigenvalue weighted by Crippen LogP contribution is 2.26. The third-order valence-corrected chi connectivity index (χ3v) is 4.96. The molecule has 0 saturated carbocycles. The number of nitrogens with zero attached hydrogens (tertiary/aromatic N) is 2. The molecule has 1 saturated heterocycles. The fraction of sp³-hybridized carbons (Fsp3) is 0.190. The second-order valence-corrected chi connectivity index (χ2v) is 6.79. The first-order valence-corrected chi connectivity index (χ1v) is 9.10. The molecular formula is C21H20N4O4. The molecule has 1 unspecified atom stereocenters. The van der Waals surface area contributed by atoms with E-state index in [1.165, 1.54) is 7.11 Å². The van der Waals surface area contributed by atoms with E-state index < -0.39 is 11.9 Å². The van der Waals surface area contributed by atoms with Crippen molar-refractivity contribution in [3.8, 4) is 5.75 Å². The van der Waals surface area contributed by atoms with Crippen molar-refractivity contribution in [2.45, 2.75) is 12.5 Å². The van der Waals surface area contributed by atoms with Crippen molar-refractivity contribution in [1.82, 2.24) is 15.4 Å². The van der Waals surface area contributed by atoms with Crippen LogP contribution in [0.3, 0.4) is 0 Å². The Labute approximate surface area is 167 Å². The summed E-state index contributed by atoms with van der Waals surface area (Å²) in [6.45, 7) is 0. The van der Waals surface area contributed by atoms with Crippen LogP contribution in [0.4, 0.5) is 5.69 Å². The fourth-order valence-electron chi connectivity index (χ4n) is 3.51. The van der Waals surface area contributed by atoms with Crippen molar-refractivity contribution < 1.29 is 19.1 Å². The molecule has 1 fully saturated rings. The molecule has 2 heterocycles. The number of para-hydroxylation sites is 1. The Hall–Kier alpha value is -3.65. The minimum atomic E-state index is -0.840. The molecular weight excluding hydrogens is 372 g/mol. The number of hydrazine groups is 1. The number of nitrogens with one attached hydrogen (secondary N) is 2. The highest BCUT2D eigenvalue weighted by Gasteiger charge is 2.40. The second-order valence-electron chi connectivity index (χ2n) is 6.79. The van der Waals surface area contributed by atoms with E-state index in [1.807, 2.05) is 35.9 Å². The lowest BCUT2D eigenvalue weighted by Crippen LogP contribution is -2.48. The molecule has 8 nitrogen and oxygen atoms in total. The molecule has 0 bridgehead atoms. The van der Waals surface area contributed by atoms with Crippen LogP contribution in [-0.4, -0.2) is 35.4 Å². The molecule has 4 rings (SSSR count). The SMILES string of the molecule is COc1cccc(N2C(=O)CC(NNC(=O)c3cn(C)c4ccccc34)C2=O)c1. The molecule has 0 spiro atoms. The first-order valence-electron chi connectivity index (χ1n) is 9.10. The molecule has 1 aromatic heterocycles. The lowest BCUT2D eigenvalue weighted by Gasteiger charge is -2.16. The van der Waals surface area contributed by atoms with Gasteiger partial charge in [0.05, 0.1) is 24.8 Å². The highest BCUT2D eigenvalue weighted by atomic mass is 16.5. The van der Waals surface area contributed by atoms with Crippen LogP contribution < -0.4 is 20.5 Å². The summed E-state index contributed by atoms with van der Waals surface area (Å²) >= 11 is 0. The van der Waals surface area contributed by atoms with E-state index in [2.05, 4.69) is 10.9 Å². The largest absolute Gasteiger partial charge is 0.497 e. The van der Waals surface area contributed by atoms with Gasteiger partial charge in [0.2, 0.25) is 5.91 Å². The maximum Gasteiger partial charge on any atom is 0.267 e. The average Bonchev–Trinajstić information content (AvgIpc) is 3.22. The second kappa shape index (κ2) is 7.40. The third-order valence-electron chi connectivity index (χ3n) is 4.96. The van der Waals surface area contributed by atoms with Crippen LogP contribution in [0.5, 0.6) is 5.75 Å². The number of carbonyl (C=O) groups is 3. The molecule has 2 N–H and O–H groups in total. The van der Waals surface area contributed by atoms with Crippen molar-refractivity contribution in [3.05, 3.63) is 60.3 Å². The Morgan fingerprint density at radius 3 is 2.72 bits per heavy atom. The number of hydrogen-bond acceptors (Lipinski definition) is 5. The molecule has 1 aliphatic heterocycles. The van der Waals surface area contributed by atoms with Crippen molar-refractivity contribution >= 4 is 34.3 Å². The van der Waals surface area contributed by atoms with Gasteiger partial charge in [-0.25, -0.2) is 10.3 Å². The summed E-state index contributed by atoms with van der Waals surface area (Å²) in [5, 5.41) is 0.807. The maximum atomic E-state index is 12.7. The Balaban J connectivity index is 1.48. The van der Waals surface area contributed by atoms with Gasteiger partial charge in [-0.3, -0.25) is 19.8 Å². The van der Waals surface area contributed by atoms with Crippen LogP contribution in [0.1, 0.15) is 16.8 Å². The van der Waals surface area contributed by atoms with E-state index in [1.54, 1.807) is 30.5 Å². The maximum absolute atomic E-state index is 12.7. The summed E-state index contributed by atoms with van der Waals surface area (Å²) < 4.78 is 7.01. The van der Waals surface area contributed by atoms with Gasteiger partial charge in [0, 0.05) is 30.2 Å². The quantitative estimate of drug-likeness (QED) is 0.510. The van der Waals surface area contributed by atoms with Gasteiger partial charge in [0.25, 0.3) is 11.8 Å². The number of rotatable bonds is 5. The Morgan fingerprint density at radius 1 is 1.14 bits per heavy atom. The number of anilines is 1. The number of carbonyl (C=O) groups excluding carboxylic acids is 3. The lowest BCUT2D eigenvalue weighted by molar-refractivity contribution is -0.121. The number of amides is 3. The lowest BCUT2D eigenvalue weighted by atomic mass is 10.2. The molecule has 3 amide bonds. The summed E-state index contributed by atoms with van der Waals surface area (Å²) in [6, 6.07) is 13.4. The zero-order valence-electron chi connectivity index (χ0n) is 16.0. The predicted molar refractivity (Wildman–Crippen MR) is 107 cm³/mol. The van der Waals surface area contributed by atoms with E-state index in [-0.39, 0.29) is 18.2 Å². The van der Waals surface area contributed by atoms with E-state index in [9.17, 15) is 14.4 Å². The van der Waals surface area contributed by atoms with Crippen molar-refractivity contribution in [2.24, 2.45) is 7.05 Å². The van der Waals surface area contributed by atoms with E-state index in [0.29, 0.717) is 17.0 Å². The summed E-state index contributed by atoms with van der Waals surface area (Å²) in [5.41, 5.74) is 7.12. The fourth-order valence-corrected chi connectivity index (χ4v) is 3.51. The van der Waals surface area contributed by atoms with Gasteiger partial charge in [0.1, 0.15) is 11.8 Å². The predicted octanol–water partition coefficient (Wildman–Crippen LogP) is 1.75. The van der Waals surface area contributed by atoms with Gasteiger partial charge in [-0.1, -0.05) is 24.3 Å². The Bertz CT molecular complexity index is 1120. The Morgan fingerprint density at radius 2 is 1.93 bits per heavy atom. The minimum Gasteiger partial charge on any atom is -0.497 e. The summed E-state index contributed by atoms with van der Waals surface area (Å²) in [5.74, 6) is -0.604. The number of benzene rings is 2. The molecule has 2 aromatic carbocycles. The van der Waals surface area contributed by atoms with Gasteiger partial charge < -0.3 is 9.30 Å². The summed E-state index contributed by atoms with van der Waals surface area (Å²) in [6.07, 6.45) is 1.68. The van der Waals surface area contributed by atoms with Crippen LogP contribution in [0, 0.1) is 0 Å². The standard InChI is InChI=1S/C21H20N4O4/c1-24-12-16(15-8-3-4-9-18(15)24)20(27)23-22-17-11-19(26)25(21(17)28)13-6-5-7-14(10-13)29-2/h3-10,12,17,22H,11H2,1-2H3,(H,23,27). The van der Waals surface area contributed by atoms with Gasteiger partial charge in [-0.15, -0.1) is 0 Å². The topological polar surface area (TPSA) is 92.7 Å². The van der Waals surface area contributed by atoms with Crippen molar-refractivity contribution in [2.75, 3.05) is 12.0 Å². The van der Waals surface area contributed by atoms with Crippen LogP contribution in [0.2, 0.25) is 0 Å². The zero-order chi connectivity index (χ0) is 20.5. The number of fused-ring (bicyclic) bond motifs is 1. The molecule has 29 heavy (non-hydrogen) atoms. The molecule has 0 radical (unpaired) electrons. The van der Waals surface area contributed by atoms with Gasteiger partial charge in [-0.2, -0.15) is 0 Å².